The van der Waals surface area contributed by atoms with Gasteiger partial charge in [-0.25, -0.2) is 0 Å². The highest BCUT2D eigenvalue weighted by Crippen LogP contribution is 2.29. The summed E-state index contributed by atoms with van der Waals surface area (Å²) in [5.41, 5.74) is 0. The second kappa shape index (κ2) is 7.74. The van der Waals surface area contributed by atoms with E-state index in [1.807, 2.05) is 19.9 Å². The standard InChI is InChI=1S/C16H26N2O4/c1-11(2)13(10-19)14-9-15(17-22-14)18-7-5-12(6-8-18)16(20-3)21-4/h9-13,16H,5-8H2,1-4H3. The van der Waals surface area contributed by atoms with Gasteiger partial charge in [0, 0.05) is 39.3 Å². The Morgan fingerprint density at radius 1 is 1.32 bits per heavy atom. The smallest absolute Gasteiger partial charge is 0.172 e. The molecule has 1 saturated heterocycles. The number of rotatable bonds is 7. The van der Waals surface area contributed by atoms with E-state index in [4.69, 9.17) is 14.0 Å². The fourth-order valence-corrected chi connectivity index (χ4v) is 3.02. The van der Waals surface area contributed by atoms with Crippen LogP contribution in [0.15, 0.2) is 10.6 Å². The fourth-order valence-electron chi connectivity index (χ4n) is 3.02. The molecule has 6 heteroatoms. The zero-order chi connectivity index (χ0) is 16.1. The van der Waals surface area contributed by atoms with Gasteiger partial charge in [0.1, 0.15) is 12.0 Å². The number of ether oxygens (including phenoxy) is 2. The minimum atomic E-state index is -0.231. The molecule has 0 amide bonds. The molecule has 6 nitrogen and oxygen atoms in total. The highest BCUT2D eigenvalue weighted by Gasteiger charge is 2.28. The van der Waals surface area contributed by atoms with Gasteiger partial charge in [-0.2, -0.15) is 0 Å². The van der Waals surface area contributed by atoms with E-state index >= 15 is 0 Å². The molecule has 1 fully saturated rings. The van der Waals surface area contributed by atoms with E-state index in [1.165, 1.54) is 0 Å². The third-order valence-electron chi connectivity index (χ3n) is 4.42. The lowest BCUT2D eigenvalue weighted by atomic mass is 9.94. The Hall–Kier alpha value is -1.40. The number of nitrogens with zero attached hydrogens (tertiary/aromatic N) is 2. The number of piperidine rings is 1. The molecule has 1 aromatic rings. The summed E-state index contributed by atoms with van der Waals surface area (Å²) in [7, 11) is 3.35. The van der Waals surface area contributed by atoms with Crippen LogP contribution >= 0.6 is 0 Å². The van der Waals surface area contributed by atoms with Crippen LogP contribution in [0, 0.1) is 11.8 Å². The maximum absolute atomic E-state index is 11.2. The third-order valence-corrected chi connectivity index (χ3v) is 4.42. The SMILES string of the molecule is COC(OC)C1CCN(c2cc(C(C=O)C(C)C)on2)CC1. The number of hydrogen-bond acceptors (Lipinski definition) is 6. The predicted octanol–water partition coefficient (Wildman–Crippen LogP) is 2.45. The van der Waals surface area contributed by atoms with Crippen LogP contribution in [0.25, 0.3) is 0 Å². The van der Waals surface area contributed by atoms with Gasteiger partial charge in [0.05, 0.1) is 5.92 Å². The Labute approximate surface area is 131 Å². The Kier molecular flexibility index (Phi) is 5.97. The van der Waals surface area contributed by atoms with Crippen LogP contribution in [0.4, 0.5) is 5.82 Å². The highest BCUT2D eigenvalue weighted by atomic mass is 16.7. The van der Waals surface area contributed by atoms with Crippen molar-refractivity contribution in [2.24, 2.45) is 11.8 Å². The Balaban J connectivity index is 1.97. The van der Waals surface area contributed by atoms with Crippen molar-refractivity contribution in [2.45, 2.75) is 38.9 Å². The molecule has 1 unspecified atom stereocenters. The molecule has 0 spiro atoms. The molecule has 0 aliphatic carbocycles. The molecular weight excluding hydrogens is 284 g/mol. The average Bonchev–Trinajstić information content (AvgIpc) is 2.99. The summed E-state index contributed by atoms with van der Waals surface area (Å²) < 4.78 is 16.1. The Morgan fingerprint density at radius 2 is 1.95 bits per heavy atom. The van der Waals surface area contributed by atoms with Crippen LogP contribution in [0.2, 0.25) is 0 Å². The van der Waals surface area contributed by atoms with Crippen molar-refractivity contribution in [1.29, 1.82) is 0 Å². The lowest BCUT2D eigenvalue weighted by molar-refractivity contribution is -0.141. The largest absolute Gasteiger partial charge is 0.358 e. The summed E-state index contributed by atoms with van der Waals surface area (Å²) >= 11 is 0. The van der Waals surface area contributed by atoms with E-state index < -0.39 is 0 Å². The van der Waals surface area contributed by atoms with Gasteiger partial charge in [-0.05, 0) is 18.8 Å². The number of anilines is 1. The molecule has 2 heterocycles. The van der Waals surface area contributed by atoms with Crippen LogP contribution in [-0.4, -0.2) is 45.0 Å². The van der Waals surface area contributed by atoms with E-state index in [2.05, 4.69) is 10.1 Å². The highest BCUT2D eigenvalue weighted by molar-refractivity contribution is 5.61. The molecule has 124 valence electrons. The molecule has 0 saturated carbocycles. The van der Waals surface area contributed by atoms with Crippen molar-refractivity contribution in [2.75, 3.05) is 32.2 Å². The molecule has 0 bridgehead atoms. The van der Waals surface area contributed by atoms with Gasteiger partial charge in [-0.3, -0.25) is 0 Å². The second-order valence-corrected chi connectivity index (χ2v) is 6.16. The number of aldehydes is 1. The summed E-state index contributed by atoms with van der Waals surface area (Å²) in [6.07, 6.45) is 2.75. The number of carbonyl (C=O) groups excluding carboxylic acids is 1. The van der Waals surface area contributed by atoms with Crippen molar-refractivity contribution in [3.8, 4) is 0 Å². The van der Waals surface area contributed by atoms with Crippen molar-refractivity contribution < 1.29 is 18.8 Å². The minimum Gasteiger partial charge on any atom is -0.358 e. The van der Waals surface area contributed by atoms with Crippen molar-refractivity contribution >= 4 is 12.1 Å². The van der Waals surface area contributed by atoms with Crippen molar-refractivity contribution in [1.82, 2.24) is 5.16 Å². The van der Waals surface area contributed by atoms with Crippen LogP contribution in [0.3, 0.4) is 0 Å². The van der Waals surface area contributed by atoms with Gasteiger partial charge in [0.15, 0.2) is 12.1 Å². The number of methoxy groups -OCH3 is 2. The van der Waals surface area contributed by atoms with E-state index in [1.54, 1.807) is 14.2 Å². The molecule has 0 aromatic carbocycles. The first-order valence-corrected chi connectivity index (χ1v) is 7.83. The Morgan fingerprint density at radius 3 is 2.45 bits per heavy atom. The monoisotopic (exact) mass is 310 g/mol. The maximum atomic E-state index is 11.2. The summed E-state index contributed by atoms with van der Waals surface area (Å²) in [5.74, 6) is 1.83. The molecule has 22 heavy (non-hydrogen) atoms. The molecule has 0 radical (unpaired) electrons. The molecule has 2 rings (SSSR count). The zero-order valence-corrected chi connectivity index (χ0v) is 13.8. The van der Waals surface area contributed by atoms with Gasteiger partial charge in [0.2, 0.25) is 0 Å². The molecule has 1 aromatic heterocycles. The van der Waals surface area contributed by atoms with E-state index in [-0.39, 0.29) is 18.1 Å². The summed E-state index contributed by atoms with van der Waals surface area (Å²) in [6, 6.07) is 1.89. The number of hydrogen-bond donors (Lipinski definition) is 0. The van der Waals surface area contributed by atoms with Crippen molar-refractivity contribution in [3.63, 3.8) is 0 Å². The van der Waals surface area contributed by atoms with Gasteiger partial charge < -0.3 is 23.7 Å². The quantitative estimate of drug-likeness (QED) is 0.569. The first-order chi connectivity index (χ1) is 10.6. The topological polar surface area (TPSA) is 64.8 Å². The lowest BCUT2D eigenvalue weighted by Crippen LogP contribution is -2.39. The van der Waals surface area contributed by atoms with Crippen molar-refractivity contribution in [3.05, 3.63) is 11.8 Å². The fraction of sp³-hybridized carbons (Fsp3) is 0.750. The Bertz CT molecular complexity index is 462. The first-order valence-electron chi connectivity index (χ1n) is 7.83. The van der Waals surface area contributed by atoms with E-state index in [0.717, 1.165) is 38.0 Å². The number of aromatic nitrogens is 1. The van der Waals surface area contributed by atoms with E-state index in [0.29, 0.717) is 11.7 Å². The summed E-state index contributed by atoms with van der Waals surface area (Å²) in [6.45, 7) is 5.77. The zero-order valence-electron chi connectivity index (χ0n) is 13.8. The first kappa shape index (κ1) is 17.0. The molecule has 1 atom stereocenters. The minimum absolute atomic E-state index is 0.143. The molecular formula is C16H26N2O4. The lowest BCUT2D eigenvalue weighted by Gasteiger charge is -2.34. The van der Waals surface area contributed by atoms with Crippen LogP contribution < -0.4 is 4.90 Å². The molecule has 1 aliphatic rings. The average molecular weight is 310 g/mol. The van der Waals surface area contributed by atoms with Gasteiger partial charge in [-0.1, -0.05) is 19.0 Å². The number of carbonyl (C=O) groups is 1. The van der Waals surface area contributed by atoms with E-state index in [9.17, 15) is 4.79 Å². The second-order valence-electron chi connectivity index (χ2n) is 6.16. The molecule has 1 aliphatic heterocycles. The molecule has 0 N–H and O–H groups in total. The van der Waals surface area contributed by atoms with Gasteiger partial charge in [-0.15, -0.1) is 0 Å². The van der Waals surface area contributed by atoms with Crippen LogP contribution in [0.5, 0.6) is 0 Å². The predicted molar refractivity (Wildman–Crippen MR) is 82.9 cm³/mol. The summed E-state index contributed by atoms with van der Waals surface area (Å²) in [5, 5.41) is 4.13. The van der Waals surface area contributed by atoms with Gasteiger partial charge >= 0.3 is 0 Å². The maximum Gasteiger partial charge on any atom is 0.172 e. The van der Waals surface area contributed by atoms with Crippen LogP contribution in [-0.2, 0) is 14.3 Å². The third kappa shape index (κ3) is 3.67. The summed E-state index contributed by atoms with van der Waals surface area (Å²) in [4.78, 5) is 13.4. The van der Waals surface area contributed by atoms with Crippen LogP contribution in [0.1, 0.15) is 38.4 Å². The normalized spacial score (nSPS) is 18.2. The van der Waals surface area contributed by atoms with Gasteiger partial charge in [0.25, 0.3) is 0 Å².